The number of rotatable bonds is 2. The van der Waals surface area contributed by atoms with Crippen LogP contribution in [0.25, 0.3) is 0 Å². The van der Waals surface area contributed by atoms with Crippen LogP contribution in [0.4, 0.5) is 0 Å². The number of aromatic nitrogens is 3. The van der Waals surface area contributed by atoms with Gasteiger partial charge in [0.05, 0.1) is 11.4 Å². The number of fused-ring (bicyclic) bond motifs is 1. The van der Waals surface area contributed by atoms with Crippen molar-refractivity contribution >= 4 is 0 Å². The summed E-state index contributed by atoms with van der Waals surface area (Å²) in [6.45, 7) is 6.51. The number of aryl methyl sites for hydroxylation is 1. The van der Waals surface area contributed by atoms with Crippen molar-refractivity contribution in [2.24, 2.45) is 0 Å². The Bertz CT molecular complexity index is 353. The summed E-state index contributed by atoms with van der Waals surface area (Å²) >= 11 is 0. The molecule has 1 saturated heterocycles. The quantitative estimate of drug-likeness (QED) is 0.765. The maximum Gasteiger partial charge on any atom is 0.0999 e. The van der Waals surface area contributed by atoms with E-state index in [0.717, 1.165) is 45.7 Å². The lowest BCUT2D eigenvalue weighted by Gasteiger charge is -2.26. The first-order valence-corrected chi connectivity index (χ1v) is 6.28. The van der Waals surface area contributed by atoms with Crippen LogP contribution >= 0.6 is 0 Å². The largest absolute Gasteiger partial charge is 0.314 e. The third-order valence-corrected chi connectivity index (χ3v) is 3.53. The van der Waals surface area contributed by atoms with E-state index in [0.29, 0.717) is 0 Å². The highest BCUT2D eigenvalue weighted by molar-refractivity contribution is 5.12. The normalized spacial score (nSPS) is 22.0. The van der Waals surface area contributed by atoms with Gasteiger partial charge in [0.25, 0.3) is 0 Å². The molecule has 1 aromatic rings. The number of piperazine rings is 1. The summed E-state index contributed by atoms with van der Waals surface area (Å²) in [4.78, 5) is 2.47. The van der Waals surface area contributed by atoms with E-state index in [4.69, 9.17) is 0 Å². The van der Waals surface area contributed by atoms with E-state index >= 15 is 0 Å². The Morgan fingerprint density at radius 3 is 2.88 bits per heavy atom. The molecule has 0 unspecified atom stereocenters. The molecule has 0 amide bonds. The Labute approximate surface area is 95.8 Å². The first-order chi connectivity index (χ1) is 7.93. The van der Waals surface area contributed by atoms with Gasteiger partial charge in [-0.1, -0.05) is 5.21 Å². The van der Waals surface area contributed by atoms with Crippen LogP contribution in [0.15, 0.2) is 0 Å². The number of nitrogens with one attached hydrogen (secondary N) is 1. The standard InChI is InChI=1S/C11H19N5/c1-2-6-16-11(3-1)10(13-14-16)9-15-7-4-12-5-8-15/h12H,1-9H2. The zero-order valence-corrected chi connectivity index (χ0v) is 9.65. The van der Waals surface area contributed by atoms with Crippen molar-refractivity contribution < 1.29 is 0 Å². The molecule has 5 heteroatoms. The van der Waals surface area contributed by atoms with Crippen molar-refractivity contribution in [1.82, 2.24) is 25.2 Å². The summed E-state index contributed by atoms with van der Waals surface area (Å²) in [6.07, 6.45) is 3.71. The van der Waals surface area contributed by atoms with E-state index in [9.17, 15) is 0 Å². The molecule has 0 spiro atoms. The van der Waals surface area contributed by atoms with Gasteiger partial charge >= 0.3 is 0 Å². The second-order valence-electron chi connectivity index (χ2n) is 4.69. The topological polar surface area (TPSA) is 46.0 Å². The molecule has 5 nitrogen and oxygen atoms in total. The van der Waals surface area contributed by atoms with Crippen molar-refractivity contribution in [2.45, 2.75) is 32.4 Å². The van der Waals surface area contributed by atoms with Crippen LogP contribution in [0.2, 0.25) is 0 Å². The second-order valence-corrected chi connectivity index (χ2v) is 4.69. The van der Waals surface area contributed by atoms with E-state index in [-0.39, 0.29) is 0 Å². The third-order valence-electron chi connectivity index (χ3n) is 3.53. The first kappa shape index (κ1) is 10.2. The van der Waals surface area contributed by atoms with Crippen molar-refractivity contribution in [3.63, 3.8) is 0 Å². The predicted molar refractivity (Wildman–Crippen MR) is 61.1 cm³/mol. The van der Waals surface area contributed by atoms with Gasteiger partial charge in [0, 0.05) is 39.3 Å². The lowest BCUT2D eigenvalue weighted by Crippen LogP contribution is -2.43. The van der Waals surface area contributed by atoms with Crippen LogP contribution in [0.3, 0.4) is 0 Å². The van der Waals surface area contributed by atoms with E-state index in [1.807, 2.05) is 0 Å². The van der Waals surface area contributed by atoms with Crippen LogP contribution in [-0.4, -0.2) is 46.1 Å². The van der Waals surface area contributed by atoms with Crippen molar-refractivity contribution in [2.75, 3.05) is 26.2 Å². The smallest absolute Gasteiger partial charge is 0.0999 e. The highest BCUT2D eigenvalue weighted by Gasteiger charge is 2.19. The lowest BCUT2D eigenvalue weighted by molar-refractivity contribution is 0.230. The van der Waals surface area contributed by atoms with Gasteiger partial charge < -0.3 is 5.32 Å². The van der Waals surface area contributed by atoms with Gasteiger partial charge in [-0.05, 0) is 19.3 Å². The Hall–Kier alpha value is -0.940. The molecule has 3 heterocycles. The minimum atomic E-state index is 0.983. The summed E-state index contributed by atoms with van der Waals surface area (Å²) < 4.78 is 2.10. The summed E-state index contributed by atoms with van der Waals surface area (Å²) in [5.74, 6) is 0. The van der Waals surface area contributed by atoms with Crippen molar-refractivity contribution in [3.05, 3.63) is 11.4 Å². The van der Waals surface area contributed by atoms with Crippen molar-refractivity contribution in [3.8, 4) is 0 Å². The zero-order chi connectivity index (χ0) is 10.8. The van der Waals surface area contributed by atoms with Gasteiger partial charge in [0.15, 0.2) is 0 Å². The Morgan fingerprint density at radius 1 is 1.12 bits per heavy atom. The van der Waals surface area contributed by atoms with E-state index in [1.165, 1.54) is 24.2 Å². The Balaban J connectivity index is 1.71. The summed E-state index contributed by atoms with van der Waals surface area (Å²) in [6, 6.07) is 0. The first-order valence-electron chi connectivity index (χ1n) is 6.28. The minimum absolute atomic E-state index is 0.983. The van der Waals surface area contributed by atoms with Crippen LogP contribution in [0, 0.1) is 0 Å². The zero-order valence-electron chi connectivity index (χ0n) is 9.65. The molecule has 2 aliphatic rings. The average Bonchev–Trinajstić information content (AvgIpc) is 2.74. The predicted octanol–water partition coefficient (Wildman–Crippen LogP) is 0.0196. The van der Waals surface area contributed by atoms with Gasteiger partial charge in [-0.3, -0.25) is 4.90 Å². The maximum atomic E-state index is 4.34. The molecule has 0 radical (unpaired) electrons. The van der Waals surface area contributed by atoms with Crippen molar-refractivity contribution in [1.29, 1.82) is 0 Å². The lowest BCUT2D eigenvalue weighted by atomic mass is 10.1. The molecule has 1 N–H and O–H groups in total. The van der Waals surface area contributed by atoms with Gasteiger partial charge in [-0.25, -0.2) is 4.68 Å². The van der Waals surface area contributed by atoms with Crippen LogP contribution in [-0.2, 0) is 19.5 Å². The molecule has 0 saturated carbocycles. The van der Waals surface area contributed by atoms with Gasteiger partial charge in [-0.15, -0.1) is 5.10 Å². The van der Waals surface area contributed by atoms with E-state index in [2.05, 4.69) is 25.2 Å². The molecule has 0 atom stereocenters. The second kappa shape index (κ2) is 4.51. The number of nitrogens with zero attached hydrogens (tertiary/aromatic N) is 4. The molecule has 2 aliphatic heterocycles. The highest BCUT2D eigenvalue weighted by Crippen LogP contribution is 2.17. The molecular formula is C11H19N5. The fourth-order valence-corrected chi connectivity index (χ4v) is 2.58. The highest BCUT2D eigenvalue weighted by atomic mass is 15.4. The average molecular weight is 221 g/mol. The fourth-order valence-electron chi connectivity index (χ4n) is 2.58. The fraction of sp³-hybridized carbons (Fsp3) is 0.818. The Morgan fingerprint density at radius 2 is 2.00 bits per heavy atom. The summed E-state index contributed by atoms with van der Waals surface area (Å²) in [7, 11) is 0. The molecule has 16 heavy (non-hydrogen) atoms. The maximum absolute atomic E-state index is 4.34. The molecule has 0 aliphatic carbocycles. The molecule has 0 aromatic carbocycles. The molecule has 1 aromatic heterocycles. The van der Waals surface area contributed by atoms with Crippen LogP contribution < -0.4 is 5.32 Å². The van der Waals surface area contributed by atoms with Gasteiger partial charge in [0.1, 0.15) is 0 Å². The SMILES string of the molecule is C1CCn2nnc(CN3CCNCC3)c2C1. The molecule has 3 rings (SSSR count). The Kier molecular flexibility index (Phi) is 2.88. The molecule has 1 fully saturated rings. The molecule has 0 bridgehead atoms. The summed E-state index contributed by atoms with van der Waals surface area (Å²) in [5.41, 5.74) is 2.59. The van der Waals surface area contributed by atoms with E-state index in [1.54, 1.807) is 0 Å². The minimum Gasteiger partial charge on any atom is -0.314 e. The number of hydrogen-bond donors (Lipinski definition) is 1. The number of hydrogen-bond acceptors (Lipinski definition) is 4. The molecule has 88 valence electrons. The van der Waals surface area contributed by atoms with Gasteiger partial charge in [-0.2, -0.15) is 0 Å². The monoisotopic (exact) mass is 221 g/mol. The molecular weight excluding hydrogens is 202 g/mol. The van der Waals surface area contributed by atoms with Crippen LogP contribution in [0.5, 0.6) is 0 Å². The summed E-state index contributed by atoms with van der Waals surface area (Å²) in [5, 5.41) is 12.0. The van der Waals surface area contributed by atoms with Gasteiger partial charge in [0.2, 0.25) is 0 Å². The van der Waals surface area contributed by atoms with Crippen LogP contribution in [0.1, 0.15) is 24.2 Å². The third kappa shape index (κ3) is 1.97. The van der Waals surface area contributed by atoms with E-state index < -0.39 is 0 Å².